The van der Waals surface area contributed by atoms with E-state index in [1.807, 2.05) is 0 Å². The van der Waals surface area contributed by atoms with Gasteiger partial charge >= 0.3 is 0 Å². The molecule has 0 fully saturated rings. The highest BCUT2D eigenvalue weighted by atomic mass is 19.1. The number of hydrazone groups is 1. The van der Waals surface area contributed by atoms with Gasteiger partial charge < -0.3 is 9.47 Å². The van der Waals surface area contributed by atoms with Gasteiger partial charge in [0.15, 0.2) is 0 Å². The van der Waals surface area contributed by atoms with E-state index in [0.29, 0.717) is 11.5 Å². The van der Waals surface area contributed by atoms with Crippen LogP contribution >= 0.6 is 0 Å². The molecule has 1 amide bonds. The molecule has 23 heavy (non-hydrogen) atoms. The summed E-state index contributed by atoms with van der Waals surface area (Å²) < 4.78 is 36.3. The molecular formula is C16H14F2N2O3. The Hall–Kier alpha value is -2.96. The number of amides is 1. The quantitative estimate of drug-likeness (QED) is 0.681. The van der Waals surface area contributed by atoms with E-state index >= 15 is 0 Å². The van der Waals surface area contributed by atoms with E-state index in [0.717, 1.165) is 18.3 Å². The summed E-state index contributed by atoms with van der Waals surface area (Å²) in [5.41, 5.74) is 2.56. The zero-order chi connectivity index (χ0) is 16.8. The number of halogens is 2. The normalized spacial score (nSPS) is 10.6. The molecule has 0 unspecified atom stereocenters. The molecule has 0 saturated carbocycles. The van der Waals surface area contributed by atoms with E-state index in [2.05, 4.69) is 10.5 Å². The number of rotatable bonds is 5. The first-order chi connectivity index (χ1) is 11.0. The van der Waals surface area contributed by atoms with Crippen LogP contribution in [0.2, 0.25) is 0 Å². The van der Waals surface area contributed by atoms with Crippen molar-refractivity contribution in [2.24, 2.45) is 5.10 Å². The molecule has 2 rings (SSSR count). The largest absolute Gasteiger partial charge is 0.497 e. The van der Waals surface area contributed by atoms with E-state index in [1.54, 1.807) is 6.07 Å². The monoisotopic (exact) mass is 320 g/mol. The average molecular weight is 320 g/mol. The molecular weight excluding hydrogens is 306 g/mol. The van der Waals surface area contributed by atoms with Crippen molar-refractivity contribution in [1.29, 1.82) is 0 Å². The van der Waals surface area contributed by atoms with Crippen molar-refractivity contribution in [3.8, 4) is 11.5 Å². The van der Waals surface area contributed by atoms with Gasteiger partial charge in [-0.1, -0.05) is 0 Å². The highest BCUT2D eigenvalue weighted by molar-refractivity contribution is 5.95. The SMILES string of the molecule is COc1cc(OC)cc(C(=O)N/N=C\c2ccc(F)cc2F)c1. The van der Waals surface area contributed by atoms with Crippen molar-refractivity contribution in [2.75, 3.05) is 14.2 Å². The van der Waals surface area contributed by atoms with E-state index in [4.69, 9.17) is 9.47 Å². The summed E-state index contributed by atoms with van der Waals surface area (Å²) in [5.74, 6) is -1.09. The number of methoxy groups -OCH3 is 2. The molecule has 5 nitrogen and oxygen atoms in total. The van der Waals surface area contributed by atoms with Crippen LogP contribution in [0.4, 0.5) is 8.78 Å². The molecule has 0 aromatic heterocycles. The predicted molar refractivity (Wildman–Crippen MR) is 81.0 cm³/mol. The minimum atomic E-state index is -0.772. The minimum Gasteiger partial charge on any atom is -0.497 e. The molecule has 1 N–H and O–H groups in total. The van der Waals surface area contributed by atoms with Crippen LogP contribution in [0, 0.1) is 11.6 Å². The lowest BCUT2D eigenvalue weighted by Crippen LogP contribution is -2.17. The van der Waals surface area contributed by atoms with Gasteiger partial charge in [0.05, 0.1) is 20.4 Å². The van der Waals surface area contributed by atoms with Crippen LogP contribution in [0.5, 0.6) is 11.5 Å². The molecule has 120 valence electrons. The smallest absolute Gasteiger partial charge is 0.271 e. The van der Waals surface area contributed by atoms with Gasteiger partial charge in [-0.15, -0.1) is 0 Å². The lowest BCUT2D eigenvalue weighted by molar-refractivity contribution is 0.0954. The summed E-state index contributed by atoms with van der Waals surface area (Å²) in [6.07, 6.45) is 1.09. The van der Waals surface area contributed by atoms with Crippen LogP contribution in [-0.2, 0) is 0 Å². The number of nitrogens with one attached hydrogen (secondary N) is 1. The highest BCUT2D eigenvalue weighted by Crippen LogP contribution is 2.22. The van der Waals surface area contributed by atoms with Crippen LogP contribution in [0.25, 0.3) is 0 Å². The third kappa shape index (κ3) is 4.26. The molecule has 0 aliphatic heterocycles. The van der Waals surface area contributed by atoms with Crippen LogP contribution < -0.4 is 14.9 Å². The molecule has 7 heteroatoms. The topological polar surface area (TPSA) is 59.9 Å². The Morgan fingerprint density at radius 1 is 1.09 bits per heavy atom. The molecule has 2 aromatic carbocycles. The first-order valence-electron chi connectivity index (χ1n) is 6.55. The number of carbonyl (C=O) groups is 1. The Morgan fingerprint density at radius 2 is 1.74 bits per heavy atom. The Bertz CT molecular complexity index is 726. The maximum atomic E-state index is 13.4. The first-order valence-corrected chi connectivity index (χ1v) is 6.55. The fourth-order valence-electron chi connectivity index (χ4n) is 1.77. The fraction of sp³-hybridized carbons (Fsp3) is 0.125. The van der Waals surface area contributed by atoms with E-state index in [1.165, 1.54) is 32.4 Å². The second-order valence-corrected chi connectivity index (χ2v) is 4.47. The Kier molecular flexibility index (Phi) is 5.24. The Labute approximate surface area is 131 Å². The van der Waals surface area contributed by atoms with Gasteiger partial charge in [0.25, 0.3) is 5.91 Å². The van der Waals surface area contributed by atoms with Gasteiger partial charge in [-0.05, 0) is 24.3 Å². The van der Waals surface area contributed by atoms with Crippen LogP contribution in [0.3, 0.4) is 0 Å². The third-order valence-corrected chi connectivity index (χ3v) is 2.95. The number of nitrogens with zero attached hydrogens (tertiary/aromatic N) is 1. The number of ether oxygens (including phenoxy) is 2. The number of hydrogen-bond acceptors (Lipinski definition) is 4. The molecule has 0 spiro atoms. The van der Waals surface area contributed by atoms with Gasteiger partial charge in [-0.3, -0.25) is 4.79 Å². The van der Waals surface area contributed by atoms with Crippen LogP contribution in [0.1, 0.15) is 15.9 Å². The summed E-state index contributed by atoms with van der Waals surface area (Å²) in [6, 6.07) is 7.68. The van der Waals surface area contributed by atoms with Gasteiger partial charge in [0.2, 0.25) is 0 Å². The Morgan fingerprint density at radius 3 is 2.30 bits per heavy atom. The van der Waals surface area contributed by atoms with Gasteiger partial charge in [0, 0.05) is 23.3 Å². The lowest BCUT2D eigenvalue weighted by Gasteiger charge is -2.07. The molecule has 0 radical (unpaired) electrons. The standard InChI is InChI=1S/C16H14F2N2O3/c1-22-13-5-11(6-14(8-13)23-2)16(21)20-19-9-10-3-4-12(17)7-15(10)18/h3-9H,1-2H3,(H,20,21)/b19-9-. The van der Waals surface area contributed by atoms with Crippen molar-refractivity contribution in [3.05, 3.63) is 59.2 Å². The molecule has 0 atom stereocenters. The molecule has 0 bridgehead atoms. The second-order valence-electron chi connectivity index (χ2n) is 4.47. The van der Waals surface area contributed by atoms with Gasteiger partial charge in [0.1, 0.15) is 23.1 Å². The summed E-state index contributed by atoms with van der Waals surface area (Å²) in [7, 11) is 2.93. The zero-order valence-corrected chi connectivity index (χ0v) is 12.5. The van der Waals surface area contributed by atoms with E-state index < -0.39 is 17.5 Å². The van der Waals surface area contributed by atoms with Gasteiger partial charge in [-0.25, -0.2) is 14.2 Å². The van der Waals surface area contributed by atoms with Crippen molar-refractivity contribution < 1.29 is 23.0 Å². The van der Waals surface area contributed by atoms with Crippen LogP contribution in [-0.4, -0.2) is 26.3 Å². The molecule has 0 aliphatic rings. The van der Waals surface area contributed by atoms with E-state index in [9.17, 15) is 13.6 Å². The molecule has 0 aliphatic carbocycles. The molecule has 0 saturated heterocycles. The lowest BCUT2D eigenvalue weighted by atomic mass is 10.2. The van der Waals surface area contributed by atoms with Crippen molar-refractivity contribution in [1.82, 2.24) is 5.43 Å². The first kappa shape index (κ1) is 16.4. The molecule has 2 aromatic rings. The van der Waals surface area contributed by atoms with Crippen LogP contribution in [0.15, 0.2) is 41.5 Å². The maximum absolute atomic E-state index is 13.4. The minimum absolute atomic E-state index is 0.0509. The zero-order valence-electron chi connectivity index (χ0n) is 12.5. The third-order valence-electron chi connectivity index (χ3n) is 2.95. The second kappa shape index (κ2) is 7.35. The number of carbonyl (C=O) groups excluding carboxylic acids is 1. The van der Waals surface area contributed by atoms with Crippen molar-refractivity contribution in [3.63, 3.8) is 0 Å². The number of benzene rings is 2. The van der Waals surface area contributed by atoms with Crippen molar-refractivity contribution in [2.45, 2.75) is 0 Å². The summed E-state index contributed by atoms with van der Waals surface area (Å²) in [5, 5.41) is 3.65. The average Bonchev–Trinajstić information content (AvgIpc) is 2.56. The summed E-state index contributed by atoms with van der Waals surface area (Å²) in [6.45, 7) is 0. The maximum Gasteiger partial charge on any atom is 0.271 e. The predicted octanol–water partition coefficient (Wildman–Crippen LogP) is 2.75. The summed E-state index contributed by atoms with van der Waals surface area (Å²) in [4.78, 5) is 12.0. The Balaban J connectivity index is 2.11. The van der Waals surface area contributed by atoms with Gasteiger partial charge in [-0.2, -0.15) is 5.10 Å². The highest BCUT2D eigenvalue weighted by Gasteiger charge is 2.09. The molecule has 0 heterocycles. The van der Waals surface area contributed by atoms with E-state index in [-0.39, 0.29) is 11.1 Å². The summed E-state index contributed by atoms with van der Waals surface area (Å²) >= 11 is 0. The van der Waals surface area contributed by atoms with Crippen molar-refractivity contribution >= 4 is 12.1 Å². The fourth-order valence-corrected chi connectivity index (χ4v) is 1.77. The number of hydrogen-bond donors (Lipinski definition) is 1.